The molecule has 1 saturated heterocycles. The Hall–Kier alpha value is -2.73. The molecule has 0 amide bonds. The SMILES string of the molecule is Fc1cccc(-n2cccc2[C@@H]2[C@H](c3ccccn3)NC(=S)N2C2CCCC2)c1. The lowest BCUT2D eigenvalue weighted by molar-refractivity contribution is 0.239. The number of nitrogens with one attached hydrogen (secondary N) is 1. The van der Waals surface area contributed by atoms with Crippen LogP contribution >= 0.6 is 12.2 Å². The summed E-state index contributed by atoms with van der Waals surface area (Å²) in [5, 5.41) is 4.32. The molecule has 148 valence electrons. The van der Waals surface area contributed by atoms with E-state index >= 15 is 0 Å². The van der Waals surface area contributed by atoms with Gasteiger partial charge in [-0.2, -0.15) is 0 Å². The van der Waals surface area contributed by atoms with Gasteiger partial charge in [-0.15, -0.1) is 0 Å². The maximum Gasteiger partial charge on any atom is 0.170 e. The fraction of sp³-hybridized carbons (Fsp3) is 0.304. The van der Waals surface area contributed by atoms with Crippen LogP contribution in [0.2, 0.25) is 0 Å². The summed E-state index contributed by atoms with van der Waals surface area (Å²) in [7, 11) is 0. The van der Waals surface area contributed by atoms with Crippen LogP contribution in [0, 0.1) is 5.82 Å². The minimum Gasteiger partial charge on any atom is -0.352 e. The predicted octanol–water partition coefficient (Wildman–Crippen LogP) is 4.93. The monoisotopic (exact) mass is 406 g/mol. The normalized spacial score (nSPS) is 22.2. The van der Waals surface area contributed by atoms with E-state index in [0.29, 0.717) is 6.04 Å². The Balaban J connectivity index is 1.62. The average Bonchev–Trinajstić information content (AvgIpc) is 3.48. The fourth-order valence-electron chi connectivity index (χ4n) is 4.75. The largest absolute Gasteiger partial charge is 0.352 e. The van der Waals surface area contributed by atoms with Gasteiger partial charge in [-0.1, -0.05) is 25.0 Å². The van der Waals surface area contributed by atoms with Gasteiger partial charge in [0.15, 0.2) is 5.11 Å². The molecule has 29 heavy (non-hydrogen) atoms. The Morgan fingerprint density at radius 3 is 2.66 bits per heavy atom. The lowest BCUT2D eigenvalue weighted by atomic mass is 9.99. The van der Waals surface area contributed by atoms with Crippen LogP contribution in [0.3, 0.4) is 0 Å². The van der Waals surface area contributed by atoms with Crippen molar-refractivity contribution in [1.82, 2.24) is 19.8 Å². The molecule has 3 heterocycles. The lowest BCUT2D eigenvalue weighted by Crippen LogP contribution is -2.38. The zero-order valence-corrected chi connectivity index (χ0v) is 16.9. The second kappa shape index (κ2) is 7.59. The van der Waals surface area contributed by atoms with Gasteiger partial charge in [0.2, 0.25) is 0 Å². The van der Waals surface area contributed by atoms with Gasteiger partial charge < -0.3 is 14.8 Å². The van der Waals surface area contributed by atoms with Gasteiger partial charge in [-0.05, 0) is 67.5 Å². The number of hydrogen-bond donors (Lipinski definition) is 1. The molecule has 5 rings (SSSR count). The van der Waals surface area contributed by atoms with Gasteiger partial charge in [0.1, 0.15) is 5.82 Å². The van der Waals surface area contributed by atoms with Gasteiger partial charge in [0.05, 0.1) is 17.8 Å². The molecule has 1 aromatic carbocycles. The quantitative estimate of drug-likeness (QED) is 0.623. The lowest BCUT2D eigenvalue weighted by Gasteiger charge is -2.33. The Bertz CT molecular complexity index is 1010. The van der Waals surface area contributed by atoms with Crippen molar-refractivity contribution < 1.29 is 4.39 Å². The molecule has 0 radical (unpaired) electrons. The molecule has 2 aromatic heterocycles. The Morgan fingerprint density at radius 2 is 1.90 bits per heavy atom. The van der Waals surface area contributed by atoms with Crippen LogP contribution in [0.25, 0.3) is 5.69 Å². The second-order valence-corrected chi connectivity index (χ2v) is 8.14. The second-order valence-electron chi connectivity index (χ2n) is 7.76. The van der Waals surface area contributed by atoms with Crippen molar-refractivity contribution >= 4 is 17.3 Å². The van der Waals surface area contributed by atoms with Gasteiger partial charge in [0.25, 0.3) is 0 Å². The summed E-state index contributed by atoms with van der Waals surface area (Å²) in [6.07, 6.45) is 8.57. The molecule has 1 aliphatic heterocycles. The molecule has 2 atom stereocenters. The first-order chi connectivity index (χ1) is 14.2. The summed E-state index contributed by atoms with van der Waals surface area (Å²) in [6, 6.07) is 17.2. The van der Waals surface area contributed by atoms with Crippen LogP contribution in [0.4, 0.5) is 4.39 Å². The van der Waals surface area contributed by atoms with Gasteiger partial charge >= 0.3 is 0 Å². The molecule has 1 saturated carbocycles. The first-order valence-electron chi connectivity index (χ1n) is 10.2. The summed E-state index contributed by atoms with van der Waals surface area (Å²) in [5.74, 6) is -0.240. The average molecular weight is 407 g/mol. The van der Waals surface area contributed by atoms with Crippen molar-refractivity contribution in [3.05, 3.63) is 84.2 Å². The summed E-state index contributed by atoms with van der Waals surface area (Å²) in [4.78, 5) is 6.98. The molecule has 2 aliphatic rings. The zero-order valence-electron chi connectivity index (χ0n) is 16.0. The minimum absolute atomic E-state index is 0.00114. The number of pyridine rings is 1. The summed E-state index contributed by atoms with van der Waals surface area (Å²) in [6.45, 7) is 0. The van der Waals surface area contributed by atoms with Crippen LogP contribution in [-0.4, -0.2) is 25.6 Å². The van der Waals surface area contributed by atoms with E-state index in [0.717, 1.165) is 35.0 Å². The smallest absolute Gasteiger partial charge is 0.170 e. The van der Waals surface area contributed by atoms with Gasteiger partial charge in [-0.25, -0.2) is 4.39 Å². The van der Waals surface area contributed by atoms with Crippen LogP contribution in [0.5, 0.6) is 0 Å². The highest BCUT2D eigenvalue weighted by Gasteiger charge is 2.44. The molecular weight excluding hydrogens is 383 g/mol. The highest BCUT2D eigenvalue weighted by molar-refractivity contribution is 7.80. The fourth-order valence-corrected chi connectivity index (χ4v) is 5.14. The summed E-state index contributed by atoms with van der Waals surface area (Å²) in [5.41, 5.74) is 2.87. The highest BCUT2D eigenvalue weighted by Crippen LogP contribution is 2.43. The molecule has 0 unspecified atom stereocenters. The van der Waals surface area contributed by atoms with Crippen LogP contribution in [-0.2, 0) is 0 Å². The standard InChI is InChI=1S/C23H23FN4S/c24-16-7-5-10-18(15-16)27-14-6-12-20(27)22-21(19-11-3-4-13-25-19)26-23(29)28(22)17-8-1-2-9-17/h3-7,10-15,17,21-22H,1-2,8-9H2,(H,26,29)/t21-,22+/m0/s1. The van der Waals surface area contributed by atoms with E-state index in [1.54, 1.807) is 12.1 Å². The number of halogens is 1. The van der Waals surface area contributed by atoms with Crippen molar-refractivity contribution in [3.63, 3.8) is 0 Å². The molecule has 0 spiro atoms. The summed E-state index contributed by atoms with van der Waals surface area (Å²) < 4.78 is 16.0. The number of thiocarbonyl (C=S) groups is 1. The number of rotatable bonds is 4. The number of nitrogens with zero attached hydrogens (tertiary/aromatic N) is 3. The van der Waals surface area contributed by atoms with Crippen molar-refractivity contribution in [1.29, 1.82) is 0 Å². The zero-order chi connectivity index (χ0) is 19.8. The Labute approximate surface area is 175 Å². The predicted molar refractivity (Wildman–Crippen MR) is 115 cm³/mol. The number of benzene rings is 1. The minimum atomic E-state index is -0.240. The molecular formula is C23H23FN4S. The topological polar surface area (TPSA) is 33.1 Å². The third-order valence-electron chi connectivity index (χ3n) is 6.02. The molecule has 1 N–H and O–H groups in total. The molecule has 1 aliphatic carbocycles. The van der Waals surface area contributed by atoms with Crippen LogP contribution in [0.15, 0.2) is 67.0 Å². The van der Waals surface area contributed by atoms with E-state index in [2.05, 4.69) is 25.8 Å². The third-order valence-corrected chi connectivity index (χ3v) is 6.35. The van der Waals surface area contributed by atoms with Crippen molar-refractivity contribution in [2.45, 2.75) is 43.8 Å². The number of hydrogen-bond acceptors (Lipinski definition) is 2. The molecule has 6 heteroatoms. The maximum atomic E-state index is 13.9. The highest BCUT2D eigenvalue weighted by atomic mass is 32.1. The van der Waals surface area contributed by atoms with Crippen molar-refractivity contribution in [2.24, 2.45) is 0 Å². The third kappa shape index (κ3) is 3.31. The van der Waals surface area contributed by atoms with E-state index in [1.165, 1.54) is 18.9 Å². The van der Waals surface area contributed by atoms with E-state index < -0.39 is 0 Å². The molecule has 2 fully saturated rings. The maximum absolute atomic E-state index is 13.9. The van der Waals surface area contributed by atoms with E-state index in [1.807, 2.05) is 42.7 Å². The Morgan fingerprint density at radius 1 is 1.03 bits per heavy atom. The van der Waals surface area contributed by atoms with E-state index in [9.17, 15) is 4.39 Å². The van der Waals surface area contributed by atoms with E-state index in [4.69, 9.17) is 12.2 Å². The first kappa shape index (κ1) is 18.3. The van der Waals surface area contributed by atoms with Crippen LogP contribution < -0.4 is 5.32 Å². The molecule has 4 nitrogen and oxygen atoms in total. The molecule has 0 bridgehead atoms. The Kier molecular flexibility index (Phi) is 4.79. The van der Waals surface area contributed by atoms with Crippen molar-refractivity contribution in [3.8, 4) is 5.69 Å². The summed E-state index contributed by atoms with van der Waals surface area (Å²) >= 11 is 5.80. The van der Waals surface area contributed by atoms with Crippen molar-refractivity contribution in [2.75, 3.05) is 0 Å². The molecule has 3 aromatic rings. The van der Waals surface area contributed by atoms with Crippen LogP contribution in [0.1, 0.15) is 49.2 Å². The van der Waals surface area contributed by atoms with Gasteiger partial charge in [-0.3, -0.25) is 4.98 Å². The number of aromatic nitrogens is 2. The van der Waals surface area contributed by atoms with E-state index in [-0.39, 0.29) is 17.9 Å². The first-order valence-corrected chi connectivity index (χ1v) is 10.6. The van der Waals surface area contributed by atoms with Gasteiger partial charge in [0, 0.05) is 29.8 Å².